The van der Waals surface area contributed by atoms with Crippen LogP contribution in [0, 0.1) is 0 Å². The summed E-state index contributed by atoms with van der Waals surface area (Å²) in [5.74, 6) is -1.00. The fraction of sp³-hybridized carbons (Fsp3) is 0.133. The minimum absolute atomic E-state index is 0.121. The molecule has 124 valence electrons. The highest BCUT2D eigenvalue weighted by Gasteiger charge is 2.39. The lowest BCUT2D eigenvalue weighted by atomic mass is 10.1. The number of carbonyl (C=O) groups is 1. The van der Waals surface area contributed by atoms with Gasteiger partial charge in [0.15, 0.2) is 5.69 Å². The van der Waals surface area contributed by atoms with Crippen LogP contribution in [0.2, 0.25) is 0 Å². The summed E-state index contributed by atoms with van der Waals surface area (Å²) in [5.41, 5.74) is -0.457. The minimum atomic E-state index is -4.74. The van der Waals surface area contributed by atoms with Crippen LogP contribution in [0.15, 0.2) is 42.9 Å². The van der Waals surface area contributed by atoms with Gasteiger partial charge in [-0.3, -0.25) is 9.78 Å². The summed E-state index contributed by atoms with van der Waals surface area (Å²) < 4.78 is 44.7. The minimum Gasteiger partial charge on any atom is -0.423 e. The van der Waals surface area contributed by atoms with E-state index in [-0.39, 0.29) is 5.75 Å². The molecule has 0 radical (unpaired) electrons. The fourth-order valence-electron chi connectivity index (χ4n) is 2.16. The van der Waals surface area contributed by atoms with Gasteiger partial charge in [0.2, 0.25) is 0 Å². The van der Waals surface area contributed by atoms with Crippen molar-refractivity contribution in [1.82, 2.24) is 20.0 Å². The molecule has 1 N–H and O–H groups in total. The van der Waals surface area contributed by atoms with Crippen molar-refractivity contribution in [2.24, 2.45) is 7.05 Å². The molecule has 2 heterocycles. The zero-order valence-corrected chi connectivity index (χ0v) is 12.3. The van der Waals surface area contributed by atoms with E-state index in [1.807, 2.05) is 0 Å². The highest BCUT2D eigenvalue weighted by molar-refractivity contribution is 5.92. The Labute approximate surface area is 133 Å². The van der Waals surface area contributed by atoms with E-state index in [1.165, 1.54) is 19.2 Å². The second kappa shape index (κ2) is 5.84. The second-order valence-electron chi connectivity index (χ2n) is 4.97. The number of hydrogen-bond donors (Lipinski definition) is 1. The Morgan fingerprint density at radius 2 is 2.08 bits per heavy atom. The van der Waals surface area contributed by atoms with Crippen molar-refractivity contribution in [1.29, 1.82) is 0 Å². The van der Waals surface area contributed by atoms with Gasteiger partial charge in [0.05, 0.1) is 6.20 Å². The Bertz CT molecular complexity index is 869. The lowest BCUT2D eigenvalue weighted by Crippen LogP contribution is -2.16. The van der Waals surface area contributed by atoms with Gasteiger partial charge in [-0.15, -0.1) is 0 Å². The molecule has 24 heavy (non-hydrogen) atoms. The highest BCUT2D eigenvalue weighted by Crippen LogP contribution is 2.31. The van der Waals surface area contributed by atoms with Gasteiger partial charge in [-0.1, -0.05) is 12.1 Å². The Kier molecular flexibility index (Phi) is 3.84. The first-order chi connectivity index (χ1) is 11.3. The largest absolute Gasteiger partial charge is 0.436 e. The summed E-state index contributed by atoms with van der Waals surface area (Å²) in [6.45, 7) is 0. The van der Waals surface area contributed by atoms with E-state index in [9.17, 15) is 18.0 Å². The number of benzene rings is 1. The summed E-state index contributed by atoms with van der Waals surface area (Å²) in [6.07, 6.45) is -0.549. The van der Waals surface area contributed by atoms with Crippen LogP contribution in [0.3, 0.4) is 0 Å². The van der Waals surface area contributed by atoms with Crippen molar-refractivity contribution in [2.45, 2.75) is 6.18 Å². The third-order valence-corrected chi connectivity index (χ3v) is 3.19. The van der Waals surface area contributed by atoms with Crippen LogP contribution in [0.4, 0.5) is 13.2 Å². The topological polar surface area (TPSA) is 72.8 Å². The fourth-order valence-corrected chi connectivity index (χ4v) is 2.16. The van der Waals surface area contributed by atoms with Crippen molar-refractivity contribution < 1.29 is 22.7 Å². The molecule has 6 nitrogen and oxygen atoms in total. The quantitative estimate of drug-likeness (QED) is 0.589. The van der Waals surface area contributed by atoms with E-state index >= 15 is 0 Å². The van der Waals surface area contributed by atoms with E-state index in [2.05, 4.69) is 15.3 Å². The number of ether oxygens (including phenoxy) is 1. The Morgan fingerprint density at radius 3 is 2.75 bits per heavy atom. The van der Waals surface area contributed by atoms with E-state index in [0.29, 0.717) is 5.56 Å². The number of nitrogens with zero attached hydrogens (tertiary/aromatic N) is 3. The van der Waals surface area contributed by atoms with Crippen molar-refractivity contribution in [2.75, 3.05) is 0 Å². The van der Waals surface area contributed by atoms with Gasteiger partial charge in [-0.25, -0.2) is 4.79 Å². The summed E-state index contributed by atoms with van der Waals surface area (Å²) in [5, 5.41) is 9.74. The SMILES string of the molecule is Cn1cc(C(=O)Oc2cccc(-c3cn[nH]c3)c2)c(C(F)(F)F)n1. The van der Waals surface area contributed by atoms with Crippen LogP contribution >= 0.6 is 0 Å². The third-order valence-electron chi connectivity index (χ3n) is 3.19. The number of H-pyrrole nitrogens is 1. The molecule has 0 saturated carbocycles. The molecule has 0 aliphatic carbocycles. The van der Waals surface area contributed by atoms with Gasteiger partial charge in [0.25, 0.3) is 0 Å². The molecule has 0 bridgehead atoms. The normalized spacial score (nSPS) is 11.5. The molecule has 0 aliphatic rings. The molecule has 3 aromatic rings. The van der Waals surface area contributed by atoms with Gasteiger partial charge in [0, 0.05) is 25.0 Å². The zero-order chi connectivity index (χ0) is 17.3. The summed E-state index contributed by atoms with van der Waals surface area (Å²) >= 11 is 0. The van der Waals surface area contributed by atoms with Gasteiger partial charge < -0.3 is 4.74 Å². The van der Waals surface area contributed by atoms with Crippen molar-refractivity contribution in [3.8, 4) is 16.9 Å². The summed E-state index contributed by atoms with van der Waals surface area (Å²) in [6, 6.07) is 6.39. The first-order valence-electron chi connectivity index (χ1n) is 6.77. The molecule has 0 fully saturated rings. The Morgan fingerprint density at radius 1 is 1.29 bits per heavy atom. The molecule has 0 spiro atoms. The molecule has 2 aromatic heterocycles. The van der Waals surface area contributed by atoms with Crippen LogP contribution in [0.25, 0.3) is 11.1 Å². The standard InChI is InChI=1S/C15H11F3N4O2/c1-22-8-12(13(21-22)15(16,17)18)14(23)24-11-4-2-3-9(5-11)10-6-19-20-7-10/h2-8H,1H3,(H,19,20). The number of nitrogens with one attached hydrogen (secondary N) is 1. The molecule has 3 rings (SSSR count). The predicted molar refractivity (Wildman–Crippen MR) is 77.2 cm³/mol. The number of aromatic amines is 1. The molecule has 1 aromatic carbocycles. The number of hydrogen-bond acceptors (Lipinski definition) is 4. The molecular weight excluding hydrogens is 325 g/mol. The zero-order valence-electron chi connectivity index (χ0n) is 12.3. The molecule has 0 unspecified atom stereocenters. The number of carbonyl (C=O) groups excluding carboxylic acids is 1. The summed E-state index contributed by atoms with van der Waals surface area (Å²) in [7, 11) is 1.30. The average Bonchev–Trinajstić information content (AvgIpc) is 3.16. The number of esters is 1. The lowest BCUT2D eigenvalue weighted by molar-refractivity contribution is -0.141. The molecule has 0 atom stereocenters. The molecule has 0 amide bonds. The van der Waals surface area contributed by atoms with Crippen LogP contribution < -0.4 is 4.74 Å². The Hall–Kier alpha value is -3.10. The predicted octanol–water partition coefficient (Wildman–Crippen LogP) is 3.05. The van der Waals surface area contributed by atoms with Gasteiger partial charge in [0.1, 0.15) is 11.3 Å². The maximum Gasteiger partial charge on any atom is 0.436 e. The number of aromatic nitrogens is 4. The van der Waals surface area contributed by atoms with Crippen molar-refractivity contribution in [3.63, 3.8) is 0 Å². The number of rotatable bonds is 3. The third kappa shape index (κ3) is 3.14. The van der Waals surface area contributed by atoms with Crippen LogP contribution in [-0.2, 0) is 13.2 Å². The van der Waals surface area contributed by atoms with Crippen molar-refractivity contribution >= 4 is 5.97 Å². The van der Waals surface area contributed by atoms with Gasteiger partial charge in [-0.2, -0.15) is 23.4 Å². The van der Waals surface area contributed by atoms with Gasteiger partial charge in [-0.05, 0) is 17.7 Å². The number of aryl methyl sites for hydroxylation is 1. The maximum absolute atomic E-state index is 12.9. The maximum atomic E-state index is 12.9. The molecule has 9 heteroatoms. The number of halogens is 3. The second-order valence-corrected chi connectivity index (χ2v) is 4.97. The molecule has 0 aliphatic heterocycles. The Balaban J connectivity index is 1.87. The van der Waals surface area contributed by atoms with E-state index < -0.39 is 23.4 Å². The first-order valence-corrected chi connectivity index (χ1v) is 6.77. The lowest BCUT2D eigenvalue weighted by Gasteiger charge is -2.07. The van der Waals surface area contributed by atoms with Crippen LogP contribution in [-0.4, -0.2) is 25.9 Å². The molecular formula is C15H11F3N4O2. The first kappa shape index (κ1) is 15.8. The average molecular weight is 336 g/mol. The monoisotopic (exact) mass is 336 g/mol. The summed E-state index contributed by atoms with van der Waals surface area (Å²) in [4.78, 5) is 12.1. The van der Waals surface area contributed by atoms with E-state index in [1.54, 1.807) is 24.5 Å². The van der Waals surface area contributed by atoms with E-state index in [4.69, 9.17) is 4.74 Å². The smallest absolute Gasteiger partial charge is 0.423 e. The van der Waals surface area contributed by atoms with Crippen LogP contribution in [0.5, 0.6) is 5.75 Å². The van der Waals surface area contributed by atoms with E-state index in [0.717, 1.165) is 16.4 Å². The molecule has 0 saturated heterocycles. The van der Waals surface area contributed by atoms with Gasteiger partial charge >= 0.3 is 12.1 Å². The highest BCUT2D eigenvalue weighted by atomic mass is 19.4. The van der Waals surface area contributed by atoms with Crippen molar-refractivity contribution in [3.05, 3.63) is 54.1 Å². The van der Waals surface area contributed by atoms with Crippen LogP contribution in [0.1, 0.15) is 16.1 Å². The number of alkyl halides is 3.